The van der Waals surface area contributed by atoms with Crippen molar-refractivity contribution < 1.29 is 8.42 Å². The summed E-state index contributed by atoms with van der Waals surface area (Å²) in [5.74, 6) is 0.0433. The average Bonchev–Trinajstić information content (AvgIpc) is 2.39. The number of nitrogens with two attached hydrogens (primary N) is 1. The third-order valence-corrected chi connectivity index (χ3v) is 4.40. The first-order valence-corrected chi connectivity index (χ1v) is 7.52. The summed E-state index contributed by atoms with van der Waals surface area (Å²) in [5, 5.41) is 0. The van der Waals surface area contributed by atoms with Gasteiger partial charge in [-0.2, -0.15) is 0 Å². The normalized spacial score (nSPS) is 11.3. The van der Waals surface area contributed by atoms with E-state index < -0.39 is 10.0 Å². The molecule has 0 bridgehead atoms. The highest BCUT2D eigenvalue weighted by Gasteiger charge is 2.19. The maximum atomic E-state index is 12.4. The molecular formula is C13H16N4O2S. The van der Waals surface area contributed by atoms with Gasteiger partial charge in [0.1, 0.15) is 0 Å². The number of sulfonamides is 1. The Bertz CT molecular complexity index is 715. The molecular weight excluding hydrogens is 276 g/mol. The standard InChI is InChI=1S/C13H16N4O2S/c1-9-6-10(2)12(7-11(9)8-14)20(18,19)17-13-15-4-3-5-16-13/h3-7H,8,14H2,1-2H3,(H,15,16,17). The number of nitrogens with zero attached hydrogens (tertiary/aromatic N) is 2. The molecule has 0 spiro atoms. The smallest absolute Gasteiger partial charge is 0.264 e. The fourth-order valence-corrected chi connectivity index (χ4v) is 3.15. The van der Waals surface area contributed by atoms with Crippen LogP contribution in [0, 0.1) is 13.8 Å². The van der Waals surface area contributed by atoms with Crippen LogP contribution in [0.1, 0.15) is 16.7 Å². The molecule has 106 valence electrons. The molecule has 1 heterocycles. The molecule has 0 aliphatic heterocycles. The number of anilines is 1. The molecule has 6 nitrogen and oxygen atoms in total. The quantitative estimate of drug-likeness (QED) is 0.886. The summed E-state index contributed by atoms with van der Waals surface area (Å²) in [6, 6.07) is 5.01. The molecule has 0 unspecified atom stereocenters. The number of aromatic nitrogens is 2. The van der Waals surface area contributed by atoms with Gasteiger partial charge in [-0.05, 0) is 42.7 Å². The lowest BCUT2D eigenvalue weighted by Crippen LogP contribution is -2.17. The third-order valence-electron chi connectivity index (χ3n) is 2.93. The SMILES string of the molecule is Cc1cc(C)c(S(=O)(=O)Nc2ncccn2)cc1CN. The minimum Gasteiger partial charge on any atom is -0.326 e. The van der Waals surface area contributed by atoms with Gasteiger partial charge in [0.25, 0.3) is 10.0 Å². The van der Waals surface area contributed by atoms with Crippen LogP contribution in [0.25, 0.3) is 0 Å². The zero-order valence-electron chi connectivity index (χ0n) is 11.3. The first-order chi connectivity index (χ1) is 9.44. The van der Waals surface area contributed by atoms with Gasteiger partial charge in [0.2, 0.25) is 5.95 Å². The van der Waals surface area contributed by atoms with Crippen molar-refractivity contribution in [3.63, 3.8) is 0 Å². The van der Waals surface area contributed by atoms with Crippen LogP contribution >= 0.6 is 0 Å². The molecule has 0 saturated carbocycles. The molecule has 0 radical (unpaired) electrons. The van der Waals surface area contributed by atoms with Gasteiger partial charge in [0.05, 0.1) is 4.90 Å². The molecule has 0 amide bonds. The molecule has 2 aromatic rings. The van der Waals surface area contributed by atoms with Crippen LogP contribution in [0.3, 0.4) is 0 Å². The largest absolute Gasteiger partial charge is 0.326 e. The van der Waals surface area contributed by atoms with E-state index >= 15 is 0 Å². The molecule has 1 aromatic heterocycles. The Morgan fingerprint density at radius 1 is 1.15 bits per heavy atom. The van der Waals surface area contributed by atoms with Crippen molar-refractivity contribution in [1.29, 1.82) is 0 Å². The van der Waals surface area contributed by atoms with Crippen LogP contribution in [-0.2, 0) is 16.6 Å². The third kappa shape index (κ3) is 2.94. The number of benzene rings is 1. The second kappa shape index (κ2) is 5.56. The van der Waals surface area contributed by atoms with Gasteiger partial charge in [-0.1, -0.05) is 6.07 Å². The predicted octanol–water partition coefficient (Wildman–Crippen LogP) is 1.35. The van der Waals surface area contributed by atoms with Crippen LogP contribution in [0.4, 0.5) is 5.95 Å². The zero-order chi connectivity index (χ0) is 14.8. The fourth-order valence-electron chi connectivity index (χ4n) is 1.91. The van der Waals surface area contributed by atoms with Crippen molar-refractivity contribution in [1.82, 2.24) is 9.97 Å². The minimum atomic E-state index is -3.72. The van der Waals surface area contributed by atoms with Crippen LogP contribution in [0.2, 0.25) is 0 Å². The van der Waals surface area contributed by atoms with E-state index in [1.165, 1.54) is 12.4 Å². The lowest BCUT2D eigenvalue weighted by atomic mass is 10.1. The molecule has 0 atom stereocenters. The van der Waals surface area contributed by atoms with Crippen molar-refractivity contribution in [2.24, 2.45) is 5.73 Å². The summed E-state index contributed by atoms with van der Waals surface area (Å²) in [6.07, 6.45) is 2.94. The predicted molar refractivity (Wildman–Crippen MR) is 76.6 cm³/mol. The van der Waals surface area contributed by atoms with Crippen LogP contribution in [0.5, 0.6) is 0 Å². The number of hydrogen-bond donors (Lipinski definition) is 2. The van der Waals surface area contributed by atoms with Gasteiger partial charge in [-0.3, -0.25) is 0 Å². The second-order valence-corrected chi connectivity index (χ2v) is 6.08. The minimum absolute atomic E-state index is 0.0433. The topological polar surface area (TPSA) is 98.0 Å². The first kappa shape index (κ1) is 14.4. The van der Waals surface area contributed by atoms with E-state index in [2.05, 4.69) is 14.7 Å². The molecule has 1 aromatic carbocycles. The molecule has 0 saturated heterocycles. The number of hydrogen-bond acceptors (Lipinski definition) is 5. The van der Waals surface area contributed by atoms with E-state index in [1.54, 1.807) is 19.1 Å². The summed E-state index contributed by atoms with van der Waals surface area (Å²) in [7, 11) is -3.72. The Labute approximate surface area is 118 Å². The van der Waals surface area contributed by atoms with Crippen molar-refractivity contribution in [3.05, 3.63) is 47.3 Å². The Hall–Kier alpha value is -1.99. The molecule has 7 heteroatoms. The molecule has 2 rings (SSSR count). The van der Waals surface area contributed by atoms with Gasteiger partial charge in [0.15, 0.2) is 0 Å². The van der Waals surface area contributed by atoms with Gasteiger partial charge < -0.3 is 5.73 Å². The van der Waals surface area contributed by atoms with E-state index in [0.717, 1.165) is 11.1 Å². The molecule has 0 aliphatic carbocycles. The first-order valence-electron chi connectivity index (χ1n) is 6.04. The Kier molecular flexibility index (Phi) is 4.01. The fraction of sp³-hybridized carbons (Fsp3) is 0.231. The Balaban J connectivity index is 2.44. The van der Waals surface area contributed by atoms with E-state index in [0.29, 0.717) is 5.56 Å². The molecule has 3 N–H and O–H groups in total. The summed E-state index contributed by atoms with van der Waals surface area (Å²) in [5.41, 5.74) is 8.05. The lowest BCUT2D eigenvalue weighted by Gasteiger charge is -2.12. The highest BCUT2D eigenvalue weighted by molar-refractivity contribution is 7.92. The highest BCUT2D eigenvalue weighted by Crippen LogP contribution is 2.21. The van der Waals surface area contributed by atoms with Crippen molar-refractivity contribution >= 4 is 16.0 Å². The number of nitrogens with one attached hydrogen (secondary N) is 1. The zero-order valence-corrected chi connectivity index (χ0v) is 12.1. The van der Waals surface area contributed by atoms with E-state index in [-0.39, 0.29) is 17.4 Å². The van der Waals surface area contributed by atoms with Gasteiger partial charge >= 0.3 is 0 Å². The lowest BCUT2D eigenvalue weighted by molar-refractivity contribution is 0.600. The van der Waals surface area contributed by atoms with Crippen LogP contribution in [0.15, 0.2) is 35.5 Å². The van der Waals surface area contributed by atoms with Crippen molar-refractivity contribution in [2.75, 3.05) is 4.72 Å². The van der Waals surface area contributed by atoms with Gasteiger partial charge in [-0.15, -0.1) is 0 Å². The van der Waals surface area contributed by atoms with E-state index in [1.807, 2.05) is 13.0 Å². The molecule has 0 aliphatic rings. The van der Waals surface area contributed by atoms with Gasteiger partial charge in [-0.25, -0.2) is 23.1 Å². The van der Waals surface area contributed by atoms with E-state index in [9.17, 15) is 8.42 Å². The molecule has 20 heavy (non-hydrogen) atoms. The second-order valence-electron chi connectivity index (χ2n) is 4.43. The monoisotopic (exact) mass is 292 g/mol. The van der Waals surface area contributed by atoms with Crippen LogP contribution < -0.4 is 10.5 Å². The number of aryl methyl sites for hydroxylation is 2. The van der Waals surface area contributed by atoms with Crippen LogP contribution in [-0.4, -0.2) is 18.4 Å². The van der Waals surface area contributed by atoms with Crippen molar-refractivity contribution in [2.45, 2.75) is 25.3 Å². The Morgan fingerprint density at radius 3 is 2.40 bits per heavy atom. The summed E-state index contributed by atoms with van der Waals surface area (Å²) >= 11 is 0. The van der Waals surface area contributed by atoms with Gasteiger partial charge in [0, 0.05) is 18.9 Å². The maximum Gasteiger partial charge on any atom is 0.264 e. The number of rotatable bonds is 4. The van der Waals surface area contributed by atoms with E-state index in [4.69, 9.17) is 5.73 Å². The van der Waals surface area contributed by atoms with Crippen molar-refractivity contribution in [3.8, 4) is 0 Å². The summed E-state index contributed by atoms with van der Waals surface area (Å²) in [6.45, 7) is 3.93. The summed E-state index contributed by atoms with van der Waals surface area (Å²) in [4.78, 5) is 7.90. The Morgan fingerprint density at radius 2 is 1.80 bits per heavy atom. The maximum absolute atomic E-state index is 12.4. The highest BCUT2D eigenvalue weighted by atomic mass is 32.2. The average molecular weight is 292 g/mol. The summed E-state index contributed by atoms with van der Waals surface area (Å²) < 4.78 is 27.1. The molecule has 0 fully saturated rings.